The smallest absolute Gasteiger partial charge is 0.312 e. The van der Waals surface area contributed by atoms with E-state index in [1.807, 2.05) is 97.6 Å². The third-order valence-corrected chi connectivity index (χ3v) is 14.5. The van der Waals surface area contributed by atoms with E-state index in [1.54, 1.807) is 6.08 Å². The van der Waals surface area contributed by atoms with Gasteiger partial charge in [0.25, 0.3) is 0 Å². The van der Waals surface area contributed by atoms with Crippen molar-refractivity contribution in [1.82, 2.24) is 0 Å². The van der Waals surface area contributed by atoms with Crippen LogP contribution in [0.1, 0.15) is 113 Å². The molecule has 3 unspecified atom stereocenters. The molecule has 0 bridgehead atoms. The highest BCUT2D eigenvalue weighted by molar-refractivity contribution is 7.99. The molecule has 0 aromatic heterocycles. The second-order valence-electron chi connectivity index (χ2n) is 17.5. The molecule has 0 radical (unpaired) electrons. The maximum absolute atomic E-state index is 14.4. The minimum Gasteiger partial charge on any atom is -0.456 e. The van der Waals surface area contributed by atoms with Crippen LogP contribution >= 0.6 is 58.2 Å². The molecule has 0 spiro atoms. The van der Waals surface area contributed by atoms with Gasteiger partial charge in [0, 0.05) is 43.3 Å². The lowest BCUT2D eigenvalue weighted by Crippen LogP contribution is -2.49. The Hall–Kier alpha value is -2.99. The highest BCUT2D eigenvalue weighted by Crippen LogP contribution is 2.57. The van der Waals surface area contributed by atoms with E-state index in [2.05, 4.69) is 72.0 Å². The fourth-order valence-electron chi connectivity index (χ4n) is 9.18. The molecule has 2 fully saturated rings. The van der Waals surface area contributed by atoms with Gasteiger partial charge >= 0.3 is 5.97 Å². The van der Waals surface area contributed by atoms with Gasteiger partial charge in [-0.1, -0.05) is 142 Å². The van der Waals surface area contributed by atoms with Crippen LogP contribution < -0.4 is 0 Å². The first-order valence-electron chi connectivity index (χ1n) is 20.6. The summed E-state index contributed by atoms with van der Waals surface area (Å²) in [5.74, 6) is 2.01. The number of thioether (sulfide) groups is 1. The molecule has 1 saturated heterocycles. The van der Waals surface area contributed by atoms with Crippen LogP contribution in [0.15, 0.2) is 122 Å². The molecule has 2 aliphatic rings. The molecule has 314 valence electrons. The summed E-state index contributed by atoms with van der Waals surface area (Å²) < 4.78 is 5.91. The van der Waals surface area contributed by atoms with Crippen LogP contribution in [0.25, 0.3) is 0 Å². The number of esters is 1. The van der Waals surface area contributed by atoms with E-state index < -0.39 is 10.8 Å². The largest absolute Gasteiger partial charge is 0.456 e. The fraction of sp³-hybridized carbons (Fsp3) is 0.412. The van der Waals surface area contributed by atoms with Crippen molar-refractivity contribution < 1.29 is 14.3 Å². The molecule has 4 aromatic rings. The Bertz CT molecular complexity index is 2060. The molecular weight excluding hydrogens is 834 g/mol. The Labute approximate surface area is 377 Å². The van der Waals surface area contributed by atoms with E-state index >= 15 is 0 Å². The van der Waals surface area contributed by atoms with Crippen molar-refractivity contribution in [2.45, 2.75) is 96.3 Å². The molecule has 8 atom stereocenters. The second kappa shape index (κ2) is 20.7. The standard InChI is InChI=1S/C30H38Cl2OS.C21H20Cl2O2/c1-7-15-30(6)17-25(22-9-8-10-24(32)16-22)27(21-11-13-23(31)14-12-21)28(29(30)33)26(19(2)3)18-34-20(4)5;1-3-11-21(2)13-18(15-5-4-6-17(23)12-15)19(25-20(21)24)14-7-9-16(22)10-8-14/h7-14,16,19-20,25-28H,1,15,17-18H2,2-6H3;3-10,12,18-19H,1,11,13H2,2H3/t25-,26-,27?,28?,30+;18-,19?,21+/m11/s1. The number of ketones is 1. The molecule has 59 heavy (non-hydrogen) atoms. The number of Topliss-reactive ketones (excluding diaryl/α,β-unsaturated/α-hetero) is 1. The Kier molecular flexibility index (Phi) is 16.5. The molecule has 1 aliphatic carbocycles. The zero-order chi connectivity index (χ0) is 43.1. The highest BCUT2D eigenvalue weighted by atomic mass is 35.5. The van der Waals surface area contributed by atoms with Crippen molar-refractivity contribution in [3.05, 3.63) is 165 Å². The minimum atomic E-state index is -0.586. The summed E-state index contributed by atoms with van der Waals surface area (Å²) in [4.78, 5) is 27.1. The molecule has 0 amide bonds. The highest BCUT2D eigenvalue weighted by Gasteiger charge is 2.53. The van der Waals surface area contributed by atoms with Crippen LogP contribution in [0.3, 0.4) is 0 Å². The number of cyclic esters (lactones) is 1. The zero-order valence-corrected chi connectivity index (χ0v) is 38.9. The Morgan fingerprint density at radius 1 is 0.678 bits per heavy atom. The van der Waals surface area contributed by atoms with Gasteiger partial charge in [0.15, 0.2) is 0 Å². The molecule has 0 N–H and O–H groups in total. The first kappa shape index (κ1) is 47.1. The van der Waals surface area contributed by atoms with Gasteiger partial charge in [-0.3, -0.25) is 9.59 Å². The molecule has 3 nitrogen and oxygen atoms in total. The minimum absolute atomic E-state index is 0.0162. The summed E-state index contributed by atoms with van der Waals surface area (Å²) in [5.41, 5.74) is 3.36. The third-order valence-electron chi connectivity index (χ3n) is 12.3. The summed E-state index contributed by atoms with van der Waals surface area (Å²) in [5, 5.41) is 3.31. The molecule has 1 aliphatic heterocycles. The van der Waals surface area contributed by atoms with E-state index in [4.69, 9.17) is 51.1 Å². The maximum atomic E-state index is 14.4. The average Bonchev–Trinajstić information content (AvgIpc) is 3.18. The lowest BCUT2D eigenvalue weighted by atomic mass is 9.53. The summed E-state index contributed by atoms with van der Waals surface area (Å²) in [6.07, 6.45) is 6.06. The van der Waals surface area contributed by atoms with Crippen molar-refractivity contribution in [3.63, 3.8) is 0 Å². The van der Waals surface area contributed by atoms with Gasteiger partial charge in [-0.05, 0) is 132 Å². The number of halogens is 4. The average molecular weight is 893 g/mol. The predicted molar refractivity (Wildman–Crippen MR) is 252 cm³/mol. The molecule has 8 heteroatoms. The van der Waals surface area contributed by atoms with Crippen molar-refractivity contribution >= 4 is 69.9 Å². The van der Waals surface area contributed by atoms with Gasteiger partial charge in [0.1, 0.15) is 11.9 Å². The molecular formula is C51H58Cl4O3S. The number of allylic oxidation sites excluding steroid dienone is 2. The number of ether oxygens (including phenoxy) is 1. The first-order chi connectivity index (χ1) is 28.0. The predicted octanol–water partition coefficient (Wildman–Crippen LogP) is 15.8. The second-order valence-corrected chi connectivity index (χ2v) is 20.8. The van der Waals surface area contributed by atoms with Gasteiger partial charge in [0.05, 0.1) is 5.41 Å². The summed E-state index contributed by atoms with van der Waals surface area (Å²) in [7, 11) is 0. The van der Waals surface area contributed by atoms with E-state index in [0.717, 1.165) is 28.3 Å². The Morgan fingerprint density at radius 3 is 1.66 bits per heavy atom. The van der Waals surface area contributed by atoms with Crippen molar-refractivity contribution in [3.8, 4) is 0 Å². The van der Waals surface area contributed by atoms with Gasteiger partial charge < -0.3 is 4.74 Å². The first-order valence-corrected chi connectivity index (χ1v) is 23.2. The maximum Gasteiger partial charge on any atom is 0.312 e. The number of hydrogen-bond donors (Lipinski definition) is 0. The normalized spacial score (nSPS) is 26.1. The number of carbonyl (C=O) groups excluding carboxylic acids is 2. The van der Waals surface area contributed by atoms with Crippen LogP contribution in [-0.2, 0) is 14.3 Å². The number of hydrogen-bond acceptors (Lipinski definition) is 4. The topological polar surface area (TPSA) is 43.4 Å². The Balaban J connectivity index is 0.000000235. The van der Waals surface area contributed by atoms with Crippen molar-refractivity contribution in [2.24, 2.45) is 28.6 Å². The summed E-state index contributed by atoms with van der Waals surface area (Å²) in [6.45, 7) is 20.9. The van der Waals surface area contributed by atoms with E-state index in [0.29, 0.717) is 51.3 Å². The SMILES string of the molecule is C=CC[C@@]1(C)C[C@H](c2cccc(Cl)c2)C(c2ccc(Cl)cc2)C([C@H](CSC(C)C)C(C)C)C1=O.C=CC[C@@]1(C)C[C@H](c2cccc(Cl)c2)C(c2ccc(Cl)cc2)OC1=O. The van der Waals surface area contributed by atoms with Crippen molar-refractivity contribution in [1.29, 1.82) is 0 Å². The summed E-state index contributed by atoms with van der Waals surface area (Å²) in [6, 6.07) is 31.6. The monoisotopic (exact) mass is 890 g/mol. The Morgan fingerprint density at radius 2 is 1.17 bits per heavy atom. The van der Waals surface area contributed by atoms with E-state index in [1.165, 1.54) is 11.1 Å². The van der Waals surface area contributed by atoms with E-state index in [9.17, 15) is 9.59 Å². The molecule has 1 saturated carbocycles. The quantitative estimate of drug-likeness (QED) is 0.0991. The van der Waals surface area contributed by atoms with Crippen molar-refractivity contribution in [2.75, 3.05) is 5.75 Å². The summed E-state index contributed by atoms with van der Waals surface area (Å²) >= 11 is 26.9. The lowest BCUT2D eigenvalue weighted by Gasteiger charge is -2.50. The van der Waals surface area contributed by atoms with Gasteiger partial charge in [-0.15, -0.1) is 13.2 Å². The van der Waals surface area contributed by atoms with Crippen LogP contribution in [-0.4, -0.2) is 22.8 Å². The van der Waals surface area contributed by atoms with Crippen LogP contribution in [0.5, 0.6) is 0 Å². The van der Waals surface area contributed by atoms with Crippen LogP contribution in [0.4, 0.5) is 0 Å². The fourth-order valence-corrected chi connectivity index (χ4v) is 11.0. The van der Waals surface area contributed by atoms with Gasteiger partial charge in [0.2, 0.25) is 0 Å². The third kappa shape index (κ3) is 11.5. The molecule has 6 rings (SSSR count). The van der Waals surface area contributed by atoms with Gasteiger partial charge in [-0.2, -0.15) is 11.8 Å². The number of benzene rings is 4. The number of rotatable bonds is 13. The van der Waals surface area contributed by atoms with Crippen LogP contribution in [0, 0.1) is 28.6 Å². The zero-order valence-electron chi connectivity index (χ0n) is 35.1. The molecule has 1 heterocycles. The number of carbonyl (C=O) groups is 2. The lowest BCUT2D eigenvalue weighted by molar-refractivity contribution is -0.171. The molecule has 4 aromatic carbocycles. The van der Waals surface area contributed by atoms with Gasteiger partial charge in [-0.25, -0.2) is 0 Å². The van der Waals surface area contributed by atoms with Crippen LogP contribution in [0.2, 0.25) is 20.1 Å². The van der Waals surface area contributed by atoms with E-state index in [-0.39, 0.29) is 41.7 Å².